The van der Waals surface area contributed by atoms with Crippen LogP contribution >= 0.6 is 11.6 Å². The average molecular weight is 238 g/mol. The smallest absolute Gasteiger partial charge is 0.254 e. The molecule has 0 unspecified atom stereocenters. The number of hydrogen-bond donors (Lipinski definition) is 2. The zero-order valence-electron chi connectivity index (χ0n) is 8.11. The molecule has 0 amide bonds. The Kier molecular flexibility index (Phi) is 2.78. The van der Waals surface area contributed by atoms with Gasteiger partial charge in [0.2, 0.25) is 5.88 Å². The number of rotatable bonds is 2. The first kappa shape index (κ1) is 10.5. The molecule has 82 valence electrons. The Morgan fingerprint density at radius 1 is 1.38 bits per heavy atom. The van der Waals surface area contributed by atoms with E-state index in [-0.39, 0.29) is 11.4 Å². The number of hydrogen-bond acceptors (Lipinski definition) is 4. The van der Waals surface area contributed by atoms with Crippen LogP contribution in [0.2, 0.25) is 5.02 Å². The number of aromatic amines is 1. The molecule has 1 aromatic heterocycles. The van der Waals surface area contributed by atoms with Gasteiger partial charge < -0.3 is 15.5 Å². The largest absolute Gasteiger partial charge is 0.439 e. The lowest BCUT2D eigenvalue weighted by molar-refractivity contribution is 0.460. The lowest BCUT2D eigenvalue weighted by atomic mass is 10.3. The number of nitrogens with two attached hydrogens (primary N) is 1. The van der Waals surface area contributed by atoms with Gasteiger partial charge in [-0.3, -0.25) is 4.79 Å². The minimum Gasteiger partial charge on any atom is -0.439 e. The van der Waals surface area contributed by atoms with Crippen LogP contribution in [0.25, 0.3) is 0 Å². The van der Waals surface area contributed by atoms with Crippen molar-refractivity contribution in [3.63, 3.8) is 0 Å². The zero-order valence-corrected chi connectivity index (χ0v) is 8.86. The van der Waals surface area contributed by atoms with E-state index < -0.39 is 0 Å². The number of anilines is 1. The highest BCUT2D eigenvalue weighted by Gasteiger charge is 2.02. The monoisotopic (exact) mass is 237 g/mol. The number of nitrogens with one attached hydrogen (secondary N) is 1. The van der Waals surface area contributed by atoms with E-state index in [4.69, 9.17) is 22.1 Å². The molecular formula is C10H8ClN3O2. The van der Waals surface area contributed by atoms with Crippen LogP contribution in [0, 0.1) is 0 Å². The van der Waals surface area contributed by atoms with Crippen LogP contribution < -0.4 is 16.0 Å². The molecule has 2 rings (SSSR count). The van der Waals surface area contributed by atoms with Gasteiger partial charge in [0.15, 0.2) is 0 Å². The van der Waals surface area contributed by atoms with Crippen molar-refractivity contribution in [3.8, 4) is 11.6 Å². The van der Waals surface area contributed by atoms with Crippen LogP contribution in [-0.2, 0) is 0 Å². The Labute approximate surface area is 95.8 Å². The highest BCUT2D eigenvalue weighted by atomic mass is 35.5. The van der Waals surface area contributed by atoms with Gasteiger partial charge in [0.1, 0.15) is 5.75 Å². The Hall–Kier alpha value is -2.01. The third-order valence-electron chi connectivity index (χ3n) is 1.85. The summed E-state index contributed by atoms with van der Waals surface area (Å²) in [5.41, 5.74) is 5.73. The molecule has 0 saturated heterocycles. The van der Waals surface area contributed by atoms with E-state index in [1.807, 2.05) is 0 Å². The lowest BCUT2D eigenvalue weighted by Crippen LogP contribution is -2.04. The second-order valence-electron chi connectivity index (χ2n) is 3.03. The molecule has 16 heavy (non-hydrogen) atoms. The number of nitrogen functional groups attached to an aromatic ring is 1. The maximum absolute atomic E-state index is 11.0. The van der Waals surface area contributed by atoms with Gasteiger partial charge in [0.25, 0.3) is 5.56 Å². The van der Waals surface area contributed by atoms with Crippen LogP contribution in [0.5, 0.6) is 11.6 Å². The molecule has 0 fully saturated rings. The van der Waals surface area contributed by atoms with Gasteiger partial charge in [-0.25, -0.2) is 4.98 Å². The topological polar surface area (TPSA) is 81.0 Å². The average Bonchev–Trinajstić information content (AvgIpc) is 2.24. The van der Waals surface area contributed by atoms with Gasteiger partial charge in [-0.05, 0) is 12.1 Å². The highest BCUT2D eigenvalue weighted by Crippen LogP contribution is 2.26. The van der Waals surface area contributed by atoms with Gasteiger partial charge in [0, 0.05) is 6.07 Å². The van der Waals surface area contributed by atoms with Gasteiger partial charge in [-0.1, -0.05) is 11.6 Å². The van der Waals surface area contributed by atoms with Crippen molar-refractivity contribution in [2.75, 3.05) is 5.73 Å². The second-order valence-corrected chi connectivity index (χ2v) is 3.44. The number of nitrogens with zero attached hydrogens (tertiary/aromatic N) is 1. The maximum atomic E-state index is 11.0. The lowest BCUT2D eigenvalue weighted by Gasteiger charge is -2.05. The van der Waals surface area contributed by atoms with Crippen molar-refractivity contribution >= 4 is 17.3 Å². The molecule has 2 aromatic rings. The summed E-state index contributed by atoms with van der Waals surface area (Å²) in [7, 11) is 0. The number of benzene rings is 1. The Morgan fingerprint density at radius 2 is 2.19 bits per heavy atom. The predicted molar refractivity (Wildman–Crippen MR) is 60.8 cm³/mol. The molecule has 0 aliphatic carbocycles. The van der Waals surface area contributed by atoms with Gasteiger partial charge in [-0.15, -0.1) is 0 Å². The molecule has 1 heterocycles. The van der Waals surface area contributed by atoms with Crippen LogP contribution in [0.3, 0.4) is 0 Å². The van der Waals surface area contributed by atoms with E-state index >= 15 is 0 Å². The summed E-state index contributed by atoms with van der Waals surface area (Å²) in [4.78, 5) is 17.2. The summed E-state index contributed by atoms with van der Waals surface area (Å²) in [6, 6.07) is 6.05. The summed E-state index contributed by atoms with van der Waals surface area (Å²) in [5, 5.41) is 0.391. The molecule has 0 aliphatic rings. The minimum atomic E-state index is -0.286. The summed E-state index contributed by atoms with van der Waals surface area (Å²) in [6.45, 7) is 0. The van der Waals surface area contributed by atoms with Crippen molar-refractivity contribution in [3.05, 3.63) is 46.0 Å². The van der Waals surface area contributed by atoms with Crippen LogP contribution in [-0.4, -0.2) is 9.97 Å². The van der Waals surface area contributed by atoms with Crippen molar-refractivity contribution < 1.29 is 4.74 Å². The summed E-state index contributed by atoms with van der Waals surface area (Å²) in [6.07, 6.45) is 1.26. The summed E-state index contributed by atoms with van der Waals surface area (Å²) in [5.74, 6) is 0.668. The Morgan fingerprint density at radius 3 is 2.88 bits per heavy atom. The predicted octanol–water partition coefficient (Wildman–Crippen LogP) is 1.80. The molecule has 3 N–H and O–H groups in total. The Balaban J connectivity index is 2.27. The number of ether oxygens (including phenoxy) is 1. The van der Waals surface area contributed by atoms with E-state index in [1.54, 1.807) is 18.2 Å². The number of H-pyrrole nitrogens is 1. The molecule has 1 aromatic carbocycles. The van der Waals surface area contributed by atoms with Crippen LogP contribution in [0.15, 0.2) is 35.4 Å². The highest BCUT2D eigenvalue weighted by molar-refractivity contribution is 6.33. The minimum absolute atomic E-state index is 0.199. The van der Waals surface area contributed by atoms with Crippen LogP contribution in [0.1, 0.15) is 0 Å². The first-order valence-corrected chi connectivity index (χ1v) is 4.80. The van der Waals surface area contributed by atoms with E-state index in [0.717, 1.165) is 0 Å². The van der Waals surface area contributed by atoms with Gasteiger partial charge in [-0.2, -0.15) is 0 Å². The van der Waals surface area contributed by atoms with Crippen molar-refractivity contribution in [2.45, 2.75) is 0 Å². The van der Waals surface area contributed by atoms with Crippen molar-refractivity contribution in [1.29, 1.82) is 0 Å². The molecule has 0 atom stereocenters. The van der Waals surface area contributed by atoms with Gasteiger partial charge >= 0.3 is 0 Å². The standard InChI is InChI=1S/C10H8ClN3O2/c11-7-3-6(1-2-8(7)12)16-10-4-9(15)13-5-14-10/h1-5H,12H2,(H,13,14,15). The van der Waals surface area contributed by atoms with E-state index in [2.05, 4.69) is 9.97 Å². The second kappa shape index (κ2) is 4.24. The fourth-order valence-corrected chi connectivity index (χ4v) is 1.27. The molecule has 0 radical (unpaired) electrons. The third kappa shape index (κ3) is 2.32. The SMILES string of the molecule is Nc1ccc(Oc2cc(=O)[nH]cn2)cc1Cl. The van der Waals surface area contributed by atoms with Crippen molar-refractivity contribution in [1.82, 2.24) is 9.97 Å². The maximum Gasteiger partial charge on any atom is 0.254 e. The molecule has 0 aliphatic heterocycles. The quantitative estimate of drug-likeness (QED) is 0.781. The molecule has 5 nitrogen and oxygen atoms in total. The van der Waals surface area contributed by atoms with E-state index in [9.17, 15) is 4.79 Å². The third-order valence-corrected chi connectivity index (χ3v) is 2.17. The number of aromatic nitrogens is 2. The van der Waals surface area contributed by atoms with E-state index in [0.29, 0.717) is 16.5 Å². The molecule has 0 saturated carbocycles. The van der Waals surface area contributed by atoms with Crippen molar-refractivity contribution in [2.24, 2.45) is 0 Å². The first-order chi connectivity index (χ1) is 7.65. The van der Waals surface area contributed by atoms with Gasteiger partial charge in [0.05, 0.1) is 23.1 Å². The number of halogens is 1. The molecule has 0 spiro atoms. The fourth-order valence-electron chi connectivity index (χ4n) is 1.10. The molecule has 6 heteroatoms. The molecule has 0 bridgehead atoms. The Bertz CT molecular complexity index is 568. The summed E-state index contributed by atoms with van der Waals surface area (Å²) >= 11 is 5.82. The normalized spacial score (nSPS) is 10.1. The first-order valence-electron chi connectivity index (χ1n) is 4.43. The zero-order chi connectivity index (χ0) is 11.5. The fraction of sp³-hybridized carbons (Fsp3) is 0. The van der Waals surface area contributed by atoms with E-state index in [1.165, 1.54) is 12.4 Å². The van der Waals surface area contributed by atoms with Crippen LogP contribution in [0.4, 0.5) is 5.69 Å². The molecular weight excluding hydrogens is 230 g/mol. The summed E-state index contributed by atoms with van der Waals surface area (Å²) < 4.78 is 5.32.